The number of carboxylic acid groups (broad SMARTS) is 1. The summed E-state index contributed by atoms with van der Waals surface area (Å²) in [7, 11) is 0. The predicted octanol–water partition coefficient (Wildman–Crippen LogP) is -3.16. The van der Waals surface area contributed by atoms with E-state index in [0.717, 1.165) is 0 Å². The second-order valence-electron chi connectivity index (χ2n) is 9.08. The van der Waals surface area contributed by atoms with Crippen LogP contribution in [0.2, 0.25) is 0 Å². The molecule has 1 aromatic carbocycles. The van der Waals surface area contributed by atoms with Crippen LogP contribution in [-0.4, -0.2) is 88.8 Å². The number of nitrogens with two attached hydrogens (primary N) is 5. The Balaban J connectivity index is 2.95. The number of aromatic hydroxyl groups is 1. The molecule has 0 radical (unpaired) electrons. The molecule has 0 aliphatic rings. The van der Waals surface area contributed by atoms with Crippen LogP contribution in [0.25, 0.3) is 0 Å². The van der Waals surface area contributed by atoms with Crippen LogP contribution in [-0.2, 0) is 25.6 Å². The van der Waals surface area contributed by atoms with Crippen molar-refractivity contribution < 1.29 is 29.4 Å². The summed E-state index contributed by atoms with van der Waals surface area (Å²) < 4.78 is 0. The van der Waals surface area contributed by atoms with Gasteiger partial charge in [-0.3, -0.25) is 24.4 Å². The maximum Gasteiger partial charge on any atom is 0.326 e. The van der Waals surface area contributed by atoms with E-state index in [2.05, 4.69) is 38.6 Å². The zero-order chi connectivity index (χ0) is 30.9. The Kier molecular flexibility index (Phi) is 15.4. The maximum absolute atomic E-state index is 13.2. The van der Waals surface area contributed by atoms with Crippen LogP contribution in [0, 0.1) is 0 Å². The summed E-state index contributed by atoms with van der Waals surface area (Å²) in [4.78, 5) is 58.1. The summed E-state index contributed by atoms with van der Waals surface area (Å²) in [5, 5.41) is 26.5. The van der Waals surface area contributed by atoms with Crippen molar-refractivity contribution in [2.24, 2.45) is 38.7 Å². The monoisotopic (exact) mass is 596 g/mol. The normalized spacial score (nSPS) is 13.5. The smallest absolute Gasteiger partial charge is 0.326 e. The lowest BCUT2D eigenvalue weighted by molar-refractivity contribution is -0.142. The molecule has 0 fully saturated rings. The van der Waals surface area contributed by atoms with Gasteiger partial charge in [-0.2, -0.15) is 12.6 Å². The van der Waals surface area contributed by atoms with Gasteiger partial charge in [0.15, 0.2) is 11.9 Å². The average Bonchev–Trinajstić information content (AvgIpc) is 2.91. The number of hydrogen-bond acceptors (Lipinski definition) is 9. The molecule has 16 nitrogen and oxygen atoms in total. The van der Waals surface area contributed by atoms with E-state index in [-0.39, 0.29) is 62.2 Å². The van der Waals surface area contributed by atoms with Crippen molar-refractivity contribution in [3.05, 3.63) is 29.8 Å². The highest BCUT2D eigenvalue weighted by atomic mass is 32.1. The van der Waals surface area contributed by atoms with Crippen LogP contribution in [0.4, 0.5) is 0 Å². The van der Waals surface area contributed by atoms with Gasteiger partial charge in [-0.05, 0) is 43.4 Å². The lowest BCUT2D eigenvalue weighted by atomic mass is 10.0. The minimum Gasteiger partial charge on any atom is -0.508 e. The number of phenolic OH excluding ortho intramolecular Hbond substituents is 1. The number of guanidine groups is 2. The molecule has 15 N–H and O–H groups in total. The fourth-order valence-electron chi connectivity index (χ4n) is 3.51. The zero-order valence-corrected chi connectivity index (χ0v) is 23.4. The van der Waals surface area contributed by atoms with Crippen molar-refractivity contribution in [3.63, 3.8) is 0 Å². The molecule has 1 rings (SSSR count). The van der Waals surface area contributed by atoms with E-state index in [9.17, 15) is 29.4 Å². The number of carboxylic acids is 1. The van der Waals surface area contributed by atoms with Crippen molar-refractivity contribution in [1.29, 1.82) is 0 Å². The second kappa shape index (κ2) is 18.2. The second-order valence-corrected chi connectivity index (χ2v) is 9.44. The first-order chi connectivity index (χ1) is 19.3. The first-order valence-corrected chi connectivity index (χ1v) is 13.4. The number of carbonyl (C=O) groups is 4. The number of thiol groups is 1. The molecule has 0 bridgehead atoms. The molecule has 0 spiro atoms. The minimum absolute atomic E-state index is 0.00201. The van der Waals surface area contributed by atoms with E-state index in [0.29, 0.717) is 12.0 Å². The number of hydrogen-bond donors (Lipinski definition) is 11. The standard InChI is InChI=1S/C24H40N10O6S/c25-15(3-1-9-30-23(26)27)19(36)33-17(11-13-5-7-14(35)8-6-13)20(37)34-18(12-41)21(38)32-16(22(39)40)4-2-10-31-24(28)29/h5-8,15-18,35,41H,1-4,9-12,25H2,(H,32,38)(H,33,36)(H,34,37)(H,39,40)(H4,26,27,30)(H4,28,29,31)/t15-,16-,17-,18-/m0/s1. The number of rotatable bonds is 18. The first-order valence-electron chi connectivity index (χ1n) is 12.7. The van der Waals surface area contributed by atoms with Gasteiger partial charge < -0.3 is 54.8 Å². The summed E-state index contributed by atoms with van der Waals surface area (Å²) in [5.41, 5.74) is 27.7. The largest absolute Gasteiger partial charge is 0.508 e. The molecule has 0 aliphatic carbocycles. The Hall–Kier alpha value is -4.25. The number of aliphatic carboxylic acids is 1. The maximum atomic E-state index is 13.2. The third-order valence-electron chi connectivity index (χ3n) is 5.69. The van der Waals surface area contributed by atoms with Gasteiger partial charge in [0.2, 0.25) is 17.7 Å². The summed E-state index contributed by atoms with van der Waals surface area (Å²) in [6, 6.07) is 1.35. The molecule has 0 unspecified atom stereocenters. The highest BCUT2D eigenvalue weighted by Gasteiger charge is 2.30. The summed E-state index contributed by atoms with van der Waals surface area (Å²) in [5.74, 6) is -3.79. The van der Waals surface area contributed by atoms with Gasteiger partial charge in [0, 0.05) is 25.3 Å². The highest BCUT2D eigenvalue weighted by molar-refractivity contribution is 7.80. The van der Waals surface area contributed by atoms with E-state index in [1.807, 2.05) is 0 Å². The number of nitrogens with zero attached hydrogens (tertiary/aromatic N) is 2. The Morgan fingerprint density at radius 3 is 1.78 bits per heavy atom. The fourth-order valence-corrected chi connectivity index (χ4v) is 3.76. The lowest BCUT2D eigenvalue weighted by Crippen LogP contribution is -2.58. The number of aliphatic imine (C=N–C) groups is 2. The Labute approximate surface area is 243 Å². The molecule has 17 heteroatoms. The fraction of sp³-hybridized carbons (Fsp3) is 0.500. The summed E-state index contributed by atoms with van der Waals surface area (Å²) >= 11 is 4.12. The molecule has 0 aliphatic heterocycles. The molecule has 1 aromatic rings. The van der Waals surface area contributed by atoms with E-state index < -0.39 is 47.9 Å². The van der Waals surface area contributed by atoms with Crippen LogP contribution in [0.1, 0.15) is 31.2 Å². The van der Waals surface area contributed by atoms with Gasteiger partial charge in [0.25, 0.3) is 0 Å². The van der Waals surface area contributed by atoms with Crippen LogP contribution < -0.4 is 44.6 Å². The molecule has 41 heavy (non-hydrogen) atoms. The Bertz CT molecular complexity index is 1080. The number of nitrogens with one attached hydrogen (secondary N) is 3. The van der Waals surface area contributed by atoms with E-state index in [1.54, 1.807) is 12.1 Å². The molecule has 0 aromatic heterocycles. The van der Waals surface area contributed by atoms with Gasteiger partial charge in [-0.15, -0.1) is 0 Å². The van der Waals surface area contributed by atoms with Crippen molar-refractivity contribution in [2.75, 3.05) is 18.8 Å². The van der Waals surface area contributed by atoms with E-state index in [1.165, 1.54) is 12.1 Å². The van der Waals surface area contributed by atoms with Crippen molar-refractivity contribution >= 4 is 48.2 Å². The molecule has 0 saturated carbocycles. The molecule has 4 atom stereocenters. The zero-order valence-electron chi connectivity index (χ0n) is 22.5. The first kappa shape index (κ1) is 34.8. The van der Waals surface area contributed by atoms with E-state index >= 15 is 0 Å². The lowest BCUT2D eigenvalue weighted by Gasteiger charge is -2.24. The van der Waals surface area contributed by atoms with Gasteiger partial charge in [-0.25, -0.2) is 4.79 Å². The number of phenols is 1. The molecule has 228 valence electrons. The summed E-state index contributed by atoms with van der Waals surface area (Å²) in [6.07, 6.45) is 0.964. The van der Waals surface area contributed by atoms with Crippen LogP contribution >= 0.6 is 12.6 Å². The molecular formula is C24H40N10O6S. The predicted molar refractivity (Wildman–Crippen MR) is 157 cm³/mol. The Morgan fingerprint density at radius 1 is 0.780 bits per heavy atom. The minimum atomic E-state index is -1.28. The van der Waals surface area contributed by atoms with Crippen molar-refractivity contribution in [3.8, 4) is 5.75 Å². The van der Waals surface area contributed by atoms with Crippen LogP contribution in [0.5, 0.6) is 5.75 Å². The number of carbonyl (C=O) groups excluding carboxylic acids is 3. The quantitative estimate of drug-likeness (QED) is 0.0348. The van der Waals surface area contributed by atoms with Crippen LogP contribution in [0.15, 0.2) is 34.3 Å². The molecule has 0 saturated heterocycles. The van der Waals surface area contributed by atoms with Gasteiger partial charge >= 0.3 is 5.97 Å². The SMILES string of the molecule is NC(N)=NCCC[C@H](NC(=O)[C@H](CS)NC(=O)[C@H](Cc1ccc(O)cc1)NC(=O)[C@@H](N)CCCN=C(N)N)C(=O)O. The van der Waals surface area contributed by atoms with Gasteiger partial charge in [-0.1, -0.05) is 12.1 Å². The molecule has 3 amide bonds. The summed E-state index contributed by atoms with van der Waals surface area (Å²) in [6.45, 7) is 0.439. The van der Waals surface area contributed by atoms with Gasteiger partial charge in [0.1, 0.15) is 23.9 Å². The van der Waals surface area contributed by atoms with E-state index in [4.69, 9.17) is 28.7 Å². The Morgan fingerprint density at radius 2 is 1.27 bits per heavy atom. The molecule has 0 heterocycles. The number of amides is 3. The third kappa shape index (κ3) is 14.1. The topological polar surface area (TPSA) is 300 Å². The van der Waals surface area contributed by atoms with Gasteiger partial charge in [0.05, 0.1) is 6.04 Å². The molecular weight excluding hydrogens is 556 g/mol. The van der Waals surface area contributed by atoms with Crippen molar-refractivity contribution in [2.45, 2.75) is 56.3 Å². The number of benzene rings is 1. The third-order valence-corrected chi connectivity index (χ3v) is 6.05. The average molecular weight is 597 g/mol. The van der Waals surface area contributed by atoms with Crippen LogP contribution in [0.3, 0.4) is 0 Å². The van der Waals surface area contributed by atoms with Crippen molar-refractivity contribution in [1.82, 2.24) is 16.0 Å². The highest BCUT2D eigenvalue weighted by Crippen LogP contribution is 2.12.